The lowest BCUT2D eigenvalue weighted by Crippen LogP contribution is -2.67. The quantitative estimate of drug-likeness (QED) is 0.810. The van der Waals surface area contributed by atoms with E-state index in [1.165, 1.54) is 11.1 Å². The number of nitrogens with one attached hydrogen (secondary N) is 2. The van der Waals surface area contributed by atoms with Crippen LogP contribution in [0.2, 0.25) is 0 Å². The van der Waals surface area contributed by atoms with Crippen molar-refractivity contribution in [3.63, 3.8) is 0 Å². The van der Waals surface area contributed by atoms with Crippen LogP contribution in [0.15, 0.2) is 36.7 Å². The van der Waals surface area contributed by atoms with Gasteiger partial charge in [0.05, 0.1) is 23.2 Å². The topological polar surface area (TPSA) is 81.3 Å². The van der Waals surface area contributed by atoms with Crippen LogP contribution < -0.4 is 5.32 Å². The lowest BCUT2D eigenvalue weighted by Gasteiger charge is -2.53. The molecule has 7 nitrogen and oxygen atoms in total. The van der Waals surface area contributed by atoms with Crippen LogP contribution in [0.4, 0.5) is 0 Å². The fraction of sp³-hybridized carbons (Fsp3) is 0.522. The summed E-state index contributed by atoms with van der Waals surface area (Å²) < 4.78 is 0. The van der Waals surface area contributed by atoms with Crippen molar-refractivity contribution < 1.29 is 9.59 Å². The first-order chi connectivity index (χ1) is 14.6. The zero-order chi connectivity index (χ0) is 20.7. The Morgan fingerprint density at radius 1 is 1.17 bits per heavy atom. The monoisotopic (exact) mass is 407 g/mol. The van der Waals surface area contributed by atoms with Crippen LogP contribution in [-0.4, -0.2) is 70.6 Å². The fourth-order valence-corrected chi connectivity index (χ4v) is 5.67. The van der Waals surface area contributed by atoms with E-state index in [-0.39, 0.29) is 23.9 Å². The average Bonchev–Trinajstić information content (AvgIpc) is 3.42. The van der Waals surface area contributed by atoms with E-state index < -0.39 is 5.41 Å². The molecule has 2 aromatic rings. The van der Waals surface area contributed by atoms with Gasteiger partial charge in [0.2, 0.25) is 5.91 Å². The summed E-state index contributed by atoms with van der Waals surface area (Å²) in [6.45, 7) is 2.29. The molecular weight excluding hydrogens is 378 g/mol. The summed E-state index contributed by atoms with van der Waals surface area (Å²) in [5.41, 5.74) is 2.71. The number of carbonyl (C=O) groups is 2. The molecule has 2 saturated heterocycles. The van der Waals surface area contributed by atoms with Gasteiger partial charge in [-0.3, -0.25) is 14.7 Å². The Balaban J connectivity index is 1.38. The van der Waals surface area contributed by atoms with Crippen molar-refractivity contribution in [3.05, 3.63) is 53.3 Å². The highest BCUT2D eigenvalue weighted by Crippen LogP contribution is 2.43. The number of nitrogens with zero attached hydrogens (tertiary/aromatic N) is 3. The number of amides is 2. The van der Waals surface area contributed by atoms with Crippen molar-refractivity contribution in [1.29, 1.82) is 0 Å². The summed E-state index contributed by atoms with van der Waals surface area (Å²) in [6.07, 6.45) is 7.46. The Labute approximate surface area is 176 Å². The average molecular weight is 408 g/mol. The number of aromatic amines is 1. The molecule has 158 valence electrons. The molecule has 30 heavy (non-hydrogen) atoms. The standard InChI is InChI=1S/C23H29N5O2/c1-27-10-8-23(22(30)26-19-11-16-5-2-3-6-17(16)12-19)7-4-9-28(20(23)15-27)21(29)18-13-24-25-14-18/h2-3,5-6,13-14,19-20H,4,7-12,15H2,1H3,(H,24,25)(H,26,30)/t20-,23+/m0/s1. The molecule has 1 aliphatic carbocycles. The number of benzene rings is 1. The number of likely N-dealkylation sites (N-methyl/N-ethyl adjacent to an activating group) is 1. The second-order valence-corrected chi connectivity index (χ2v) is 9.12. The van der Waals surface area contributed by atoms with E-state index in [2.05, 4.69) is 51.7 Å². The molecule has 2 atom stereocenters. The number of hydrogen-bond donors (Lipinski definition) is 2. The molecule has 3 aliphatic rings. The fourth-order valence-electron chi connectivity index (χ4n) is 5.67. The molecule has 1 aromatic carbocycles. The Kier molecular flexibility index (Phi) is 4.85. The molecule has 1 aromatic heterocycles. The molecule has 0 saturated carbocycles. The molecule has 2 fully saturated rings. The molecule has 5 rings (SSSR count). The number of fused-ring (bicyclic) bond motifs is 2. The van der Waals surface area contributed by atoms with Gasteiger partial charge in [-0.1, -0.05) is 24.3 Å². The number of hydrogen-bond acceptors (Lipinski definition) is 4. The van der Waals surface area contributed by atoms with Gasteiger partial charge in [0.1, 0.15) is 0 Å². The molecule has 2 aliphatic heterocycles. The summed E-state index contributed by atoms with van der Waals surface area (Å²) in [5.74, 6) is 0.0947. The van der Waals surface area contributed by atoms with Gasteiger partial charge in [-0.15, -0.1) is 0 Å². The number of likely N-dealkylation sites (tertiary alicyclic amines) is 2. The highest BCUT2D eigenvalue weighted by Gasteiger charge is 2.53. The molecule has 3 heterocycles. The molecule has 0 radical (unpaired) electrons. The van der Waals surface area contributed by atoms with E-state index in [0.717, 1.165) is 45.2 Å². The van der Waals surface area contributed by atoms with Crippen LogP contribution in [0.3, 0.4) is 0 Å². The van der Waals surface area contributed by atoms with Gasteiger partial charge in [0.15, 0.2) is 0 Å². The normalized spacial score (nSPS) is 26.8. The lowest BCUT2D eigenvalue weighted by atomic mass is 9.67. The van der Waals surface area contributed by atoms with E-state index in [4.69, 9.17) is 0 Å². The maximum Gasteiger partial charge on any atom is 0.257 e. The maximum absolute atomic E-state index is 13.7. The minimum Gasteiger partial charge on any atom is -0.352 e. The largest absolute Gasteiger partial charge is 0.352 e. The Morgan fingerprint density at radius 2 is 1.93 bits per heavy atom. The second-order valence-electron chi connectivity index (χ2n) is 9.12. The SMILES string of the molecule is CN1CC[C@]2(C(=O)NC3Cc4ccccc4C3)CCCN(C(=O)c3cn[nH]c3)[C@H]2C1. The van der Waals surface area contributed by atoms with Crippen LogP contribution in [0.5, 0.6) is 0 Å². The van der Waals surface area contributed by atoms with Crippen LogP contribution in [0.25, 0.3) is 0 Å². The minimum atomic E-state index is -0.515. The zero-order valence-electron chi connectivity index (χ0n) is 17.4. The molecule has 0 unspecified atom stereocenters. The Bertz CT molecular complexity index is 918. The number of H-pyrrole nitrogens is 1. The van der Waals surface area contributed by atoms with Gasteiger partial charge in [0.25, 0.3) is 5.91 Å². The minimum absolute atomic E-state index is 0.0332. The lowest BCUT2D eigenvalue weighted by molar-refractivity contribution is -0.143. The van der Waals surface area contributed by atoms with Gasteiger partial charge >= 0.3 is 0 Å². The molecule has 2 N–H and O–H groups in total. The van der Waals surface area contributed by atoms with E-state index in [1.807, 2.05) is 4.90 Å². The molecule has 2 amide bonds. The van der Waals surface area contributed by atoms with Gasteiger partial charge in [-0.2, -0.15) is 5.10 Å². The van der Waals surface area contributed by atoms with Gasteiger partial charge in [0, 0.05) is 25.3 Å². The predicted molar refractivity (Wildman–Crippen MR) is 113 cm³/mol. The number of aromatic nitrogens is 2. The third-order valence-corrected chi connectivity index (χ3v) is 7.30. The summed E-state index contributed by atoms with van der Waals surface area (Å²) in [5, 5.41) is 10.0. The summed E-state index contributed by atoms with van der Waals surface area (Å²) in [4.78, 5) is 31.1. The highest BCUT2D eigenvalue weighted by molar-refractivity contribution is 5.95. The summed E-state index contributed by atoms with van der Waals surface area (Å²) in [6, 6.07) is 8.47. The Morgan fingerprint density at radius 3 is 2.63 bits per heavy atom. The summed E-state index contributed by atoms with van der Waals surface area (Å²) in [7, 11) is 2.07. The van der Waals surface area contributed by atoms with E-state index in [9.17, 15) is 9.59 Å². The first kappa shape index (κ1) is 19.3. The third kappa shape index (κ3) is 3.21. The Hall–Kier alpha value is -2.67. The smallest absolute Gasteiger partial charge is 0.257 e. The van der Waals surface area contributed by atoms with Crippen LogP contribution in [0, 0.1) is 5.41 Å². The van der Waals surface area contributed by atoms with Crippen LogP contribution in [-0.2, 0) is 17.6 Å². The van der Waals surface area contributed by atoms with E-state index in [1.54, 1.807) is 12.4 Å². The highest BCUT2D eigenvalue weighted by atomic mass is 16.2. The van der Waals surface area contributed by atoms with Crippen molar-refractivity contribution in [2.24, 2.45) is 5.41 Å². The van der Waals surface area contributed by atoms with Crippen molar-refractivity contribution in [3.8, 4) is 0 Å². The van der Waals surface area contributed by atoms with Gasteiger partial charge in [-0.25, -0.2) is 0 Å². The molecule has 0 spiro atoms. The van der Waals surface area contributed by atoms with Crippen LogP contribution in [0.1, 0.15) is 40.7 Å². The predicted octanol–water partition coefficient (Wildman–Crippen LogP) is 1.62. The zero-order valence-corrected chi connectivity index (χ0v) is 17.4. The summed E-state index contributed by atoms with van der Waals surface area (Å²) >= 11 is 0. The van der Waals surface area contributed by atoms with Crippen molar-refractivity contribution >= 4 is 11.8 Å². The molecule has 0 bridgehead atoms. The number of carbonyl (C=O) groups excluding carboxylic acids is 2. The second kappa shape index (κ2) is 7.54. The van der Waals surface area contributed by atoms with E-state index in [0.29, 0.717) is 12.1 Å². The van der Waals surface area contributed by atoms with E-state index >= 15 is 0 Å². The molecular formula is C23H29N5O2. The van der Waals surface area contributed by atoms with Crippen LogP contribution >= 0.6 is 0 Å². The first-order valence-electron chi connectivity index (χ1n) is 10.9. The van der Waals surface area contributed by atoms with Gasteiger partial charge < -0.3 is 15.1 Å². The first-order valence-corrected chi connectivity index (χ1v) is 10.9. The van der Waals surface area contributed by atoms with Crippen molar-refractivity contribution in [2.45, 2.75) is 44.2 Å². The van der Waals surface area contributed by atoms with Gasteiger partial charge in [-0.05, 0) is 56.8 Å². The number of piperidine rings is 2. The van der Waals surface area contributed by atoms with Crippen molar-refractivity contribution in [1.82, 2.24) is 25.3 Å². The van der Waals surface area contributed by atoms with Crippen molar-refractivity contribution in [2.75, 3.05) is 26.7 Å². The maximum atomic E-state index is 13.7. The molecule has 7 heteroatoms. The third-order valence-electron chi connectivity index (χ3n) is 7.30. The number of rotatable bonds is 3.